The Morgan fingerprint density at radius 2 is 1.30 bits per heavy atom. The zero-order chi connectivity index (χ0) is 31.0. The van der Waals surface area contributed by atoms with Gasteiger partial charge in [0.2, 0.25) is 12.6 Å². The molecule has 2 atom stereocenters. The number of nitrogens with zero attached hydrogens (tertiary/aromatic N) is 1. The van der Waals surface area contributed by atoms with Gasteiger partial charge in [-0.15, -0.1) is 0 Å². The lowest BCUT2D eigenvalue weighted by atomic mass is 10.2. The van der Waals surface area contributed by atoms with Crippen molar-refractivity contribution in [3.05, 3.63) is 83.4 Å². The van der Waals surface area contributed by atoms with Crippen LogP contribution in [0.25, 0.3) is 0 Å². The number of nitrogens with one attached hydrogen (secondary N) is 1. The van der Waals surface area contributed by atoms with Crippen LogP contribution in [0.4, 0.5) is 0 Å². The lowest BCUT2D eigenvalue weighted by Gasteiger charge is -2.31. The number of rotatable bonds is 10. The van der Waals surface area contributed by atoms with Gasteiger partial charge < -0.3 is 24.3 Å². The zero-order valence-electron chi connectivity index (χ0n) is 25.0. The van der Waals surface area contributed by atoms with Crippen LogP contribution >= 0.6 is 0 Å². The summed E-state index contributed by atoms with van der Waals surface area (Å²) in [5.74, 6) is 1.18. The first-order chi connectivity index (χ1) is 20.5. The minimum absolute atomic E-state index is 0.267. The molecule has 3 aromatic carbocycles. The van der Waals surface area contributed by atoms with Gasteiger partial charge in [-0.1, -0.05) is 56.3 Å². The van der Waals surface area contributed by atoms with Crippen molar-refractivity contribution in [1.82, 2.24) is 10.2 Å². The maximum atomic E-state index is 11.7. The summed E-state index contributed by atoms with van der Waals surface area (Å²) in [6, 6.07) is 20.1. The third kappa shape index (κ3) is 9.49. The third-order valence-corrected chi connectivity index (χ3v) is 9.18. The van der Waals surface area contributed by atoms with Crippen LogP contribution in [0.1, 0.15) is 30.5 Å². The Morgan fingerprint density at radius 1 is 0.767 bits per heavy atom. The molecule has 0 aromatic heterocycles. The molecule has 0 amide bonds. The van der Waals surface area contributed by atoms with E-state index in [9.17, 15) is 16.8 Å². The van der Waals surface area contributed by atoms with Gasteiger partial charge in [0, 0.05) is 30.2 Å². The topological polar surface area (TPSA) is 120 Å². The maximum absolute atomic E-state index is 11.7. The van der Waals surface area contributed by atoms with Crippen LogP contribution in [0, 0.1) is 0 Å². The van der Waals surface area contributed by atoms with E-state index in [4.69, 9.17) is 18.9 Å². The highest BCUT2D eigenvalue weighted by Gasteiger charge is 2.24. The Kier molecular flexibility index (Phi) is 11.2. The van der Waals surface area contributed by atoms with Crippen molar-refractivity contribution >= 4 is 19.7 Å². The van der Waals surface area contributed by atoms with E-state index < -0.39 is 26.0 Å². The minimum Gasteiger partial charge on any atom is -0.463 e. The Morgan fingerprint density at radius 3 is 1.81 bits per heavy atom. The molecule has 43 heavy (non-hydrogen) atoms. The van der Waals surface area contributed by atoms with Crippen LogP contribution in [-0.2, 0) is 48.9 Å². The van der Waals surface area contributed by atoms with Crippen molar-refractivity contribution in [1.29, 1.82) is 0 Å². The van der Waals surface area contributed by atoms with Gasteiger partial charge in [-0.2, -0.15) is 0 Å². The summed E-state index contributed by atoms with van der Waals surface area (Å²) < 4.78 is 69.2. The highest BCUT2D eigenvalue weighted by Crippen LogP contribution is 2.30. The molecule has 234 valence electrons. The summed E-state index contributed by atoms with van der Waals surface area (Å²) in [7, 11) is -6.46. The summed E-state index contributed by atoms with van der Waals surface area (Å²) in [5.41, 5.74) is 2.98. The molecule has 0 radical (unpaired) electrons. The third-order valence-electron chi connectivity index (χ3n) is 6.96. The molecule has 5 rings (SSSR count). The first-order valence-electron chi connectivity index (χ1n) is 14.2. The van der Waals surface area contributed by atoms with E-state index in [-0.39, 0.29) is 16.1 Å². The molecular formula is C31H40N2O8S2. The van der Waals surface area contributed by atoms with Crippen molar-refractivity contribution in [3.63, 3.8) is 0 Å². The number of likely N-dealkylation sites (N-methyl/N-ethyl adjacent to an activating group) is 2. The number of ether oxygens (including phenoxy) is 4. The fraction of sp³-hybridized carbons (Fsp3) is 0.419. The number of benzene rings is 3. The average molecular weight is 633 g/mol. The lowest BCUT2D eigenvalue weighted by Crippen LogP contribution is -2.38. The Balaban J connectivity index is 0.000000208. The molecule has 0 bridgehead atoms. The summed E-state index contributed by atoms with van der Waals surface area (Å²) in [6.45, 7) is 8.68. The predicted octanol–water partition coefficient (Wildman–Crippen LogP) is 3.78. The van der Waals surface area contributed by atoms with Crippen LogP contribution in [0.3, 0.4) is 0 Å². The number of hydrogen-bond acceptors (Lipinski definition) is 10. The summed E-state index contributed by atoms with van der Waals surface area (Å²) in [5, 5.41) is 3.13. The largest absolute Gasteiger partial charge is 0.463 e. The highest BCUT2D eigenvalue weighted by molar-refractivity contribution is 7.91. The van der Waals surface area contributed by atoms with E-state index in [1.807, 2.05) is 25.1 Å². The zero-order valence-corrected chi connectivity index (χ0v) is 26.6. The van der Waals surface area contributed by atoms with Crippen LogP contribution in [0.5, 0.6) is 11.5 Å². The smallest absolute Gasteiger partial charge is 0.213 e. The van der Waals surface area contributed by atoms with Gasteiger partial charge in [-0.25, -0.2) is 16.8 Å². The molecule has 10 nitrogen and oxygen atoms in total. The van der Waals surface area contributed by atoms with Gasteiger partial charge in [0.05, 0.1) is 36.1 Å². The number of fused-ring (bicyclic) bond motifs is 2. The van der Waals surface area contributed by atoms with Gasteiger partial charge in [0.1, 0.15) is 11.5 Å². The molecule has 3 aromatic rings. The summed E-state index contributed by atoms with van der Waals surface area (Å²) in [4.78, 5) is 2.78. The van der Waals surface area contributed by atoms with Crippen LogP contribution in [-0.4, -0.2) is 73.0 Å². The van der Waals surface area contributed by atoms with E-state index in [0.717, 1.165) is 30.8 Å². The van der Waals surface area contributed by atoms with Crippen molar-refractivity contribution in [3.8, 4) is 11.5 Å². The van der Waals surface area contributed by atoms with Crippen LogP contribution in [0.2, 0.25) is 0 Å². The second-order valence-electron chi connectivity index (χ2n) is 10.4. The first-order valence-corrected chi connectivity index (χ1v) is 17.9. The SMILES string of the molecule is CCN(Cc1ccccc1)CC1OCc2ccc(S(C)(=O)=O)cc2O1.CCNCC1OCc2ccc(S(C)(=O)=O)cc2O1. The minimum atomic E-state index is -3.25. The van der Waals surface area contributed by atoms with Crippen molar-refractivity contribution in [2.75, 3.05) is 38.7 Å². The van der Waals surface area contributed by atoms with E-state index in [0.29, 0.717) is 37.8 Å². The second-order valence-corrected chi connectivity index (χ2v) is 14.5. The Bertz CT molecular complexity index is 1580. The van der Waals surface area contributed by atoms with E-state index in [2.05, 4.69) is 29.3 Å². The fourth-order valence-electron chi connectivity index (χ4n) is 4.52. The molecule has 0 aliphatic carbocycles. The summed E-state index contributed by atoms with van der Waals surface area (Å²) in [6.07, 6.45) is 1.60. The normalized spacial score (nSPS) is 18.0. The van der Waals surface area contributed by atoms with Gasteiger partial charge in [0.25, 0.3) is 0 Å². The monoisotopic (exact) mass is 632 g/mol. The molecule has 0 fully saturated rings. The number of sulfone groups is 2. The molecule has 2 aliphatic heterocycles. The standard InChI is InChI=1S/C19H23NO4S.C12H17NO4S/c1-3-20(12-15-7-5-4-6-8-15)13-19-23-14-16-9-10-17(25(2,21)22)11-18(16)24-19;1-3-13-7-12-16-8-9-4-5-10(18(2,14)15)6-11(9)17-12/h4-11,19H,3,12-14H2,1-2H3;4-6,12-13H,3,7-8H2,1-2H3. The van der Waals surface area contributed by atoms with E-state index >= 15 is 0 Å². The summed E-state index contributed by atoms with van der Waals surface area (Å²) >= 11 is 0. The van der Waals surface area contributed by atoms with Gasteiger partial charge >= 0.3 is 0 Å². The van der Waals surface area contributed by atoms with Crippen molar-refractivity contribution in [2.45, 2.75) is 56.0 Å². The molecule has 0 saturated heterocycles. The Labute approximate surface area is 254 Å². The first kappa shape index (κ1) is 32.9. The molecule has 0 spiro atoms. The van der Waals surface area contributed by atoms with Crippen molar-refractivity contribution < 1.29 is 35.8 Å². The molecule has 2 heterocycles. The number of hydrogen-bond donors (Lipinski definition) is 1. The molecule has 12 heteroatoms. The van der Waals surface area contributed by atoms with Gasteiger partial charge in [-0.3, -0.25) is 4.90 Å². The molecule has 2 aliphatic rings. The van der Waals surface area contributed by atoms with E-state index in [1.165, 1.54) is 18.1 Å². The van der Waals surface area contributed by atoms with Crippen LogP contribution < -0.4 is 14.8 Å². The van der Waals surface area contributed by atoms with E-state index in [1.54, 1.807) is 36.4 Å². The predicted molar refractivity (Wildman–Crippen MR) is 163 cm³/mol. The van der Waals surface area contributed by atoms with Crippen LogP contribution in [0.15, 0.2) is 76.5 Å². The van der Waals surface area contributed by atoms with Gasteiger partial charge in [-0.05, 0) is 42.9 Å². The van der Waals surface area contributed by atoms with Gasteiger partial charge in [0.15, 0.2) is 19.7 Å². The molecule has 1 N–H and O–H groups in total. The molecular weight excluding hydrogens is 592 g/mol. The maximum Gasteiger partial charge on any atom is 0.213 e. The lowest BCUT2D eigenvalue weighted by molar-refractivity contribution is -0.121. The molecule has 0 saturated carbocycles. The highest BCUT2D eigenvalue weighted by atomic mass is 32.2. The average Bonchev–Trinajstić information content (AvgIpc) is 2.99. The second kappa shape index (κ2) is 14.7. The van der Waals surface area contributed by atoms with Crippen molar-refractivity contribution in [2.24, 2.45) is 0 Å². The fourth-order valence-corrected chi connectivity index (χ4v) is 5.79. The quantitative estimate of drug-likeness (QED) is 0.354. The molecule has 2 unspecified atom stereocenters. The Hall–Kier alpha value is -3.00.